The van der Waals surface area contributed by atoms with E-state index in [9.17, 15) is 20.3 Å². The zero-order valence-electron chi connectivity index (χ0n) is 15.2. The van der Waals surface area contributed by atoms with Crippen molar-refractivity contribution in [2.75, 3.05) is 31.2 Å². The highest BCUT2D eigenvalue weighted by molar-refractivity contribution is 5.93. The van der Waals surface area contributed by atoms with E-state index in [4.69, 9.17) is 0 Å². The number of nitro groups is 1. The molecule has 0 unspecified atom stereocenters. The maximum Gasteiger partial charge on any atom is 0.269 e. The molecule has 2 N–H and O–H groups in total. The first-order chi connectivity index (χ1) is 13.6. The molecule has 0 radical (unpaired) electrons. The third kappa shape index (κ3) is 4.51. The maximum absolute atomic E-state index is 10.8. The molecule has 0 saturated carbocycles. The highest BCUT2D eigenvalue weighted by Crippen LogP contribution is 2.27. The summed E-state index contributed by atoms with van der Waals surface area (Å²) in [5.74, 6) is 0. The van der Waals surface area contributed by atoms with Crippen LogP contribution in [0.15, 0.2) is 54.6 Å². The molecule has 0 bridgehead atoms. The predicted octanol–water partition coefficient (Wildman–Crippen LogP) is 3.10. The van der Waals surface area contributed by atoms with Crippen molar-refractivity contribution in [2.45, 2.75) is 0 Å². The van der Waals surface area contributed by atoms with Crippen molar-refractivity contribution in [3.63, 3.8) is 0 Å². The summed E-state index contributed by atoms with van der Waals surface area (Å²) in [6, 6.07) is 15.9. The lowest BCUT2D eigenvalue weighted by atomic mass is 10.1. The molecule has 0 atom stereocenters. The van der Waals surface area contributed by atoms with Crippen LogP contribution in [0, 0.1) is 10.1 Å². The summed E-state index contributed by atoms with van der Waals surface area (Å²) in [7, 11) is 0. The second-order valence-electron chi connectivity index (χ2n) is 6.20. The Hall–Kier alpha value is -3.29. The molecule has 144 valence electrons. The fraction of sp³-hybridized carbons (Fsp3) is 0.190. The molecule has 0 aliphatic heterocycles. The highest BCUT2D eigenvalue weighted by atomic mass is 16.6. The van der Waals surface area contributed by atoms with Gasteiger partial charge in [-0.05, 0) is 35.9 Å². The second-order valence-corrected chi connectivity index (χ2v) is 6.20. The summed E-state index contributed by atoms with van der Waals surface area (Å²) in [6.45, 7) is 0.759. The second kappa shape index (κ2) is 9.07. The van der Waals surface area contributed by atoms with Crippen LogP contribution in [0.5, 0.6) is 0 Å². The number of aromatic nitrogens is 1. The van der Waals surface area contributed by atoms with E-state index in [1.165, 1.54) is 12.1 Å². The summed E-state index contributed by atoms with van der Waals surface area (Å²) >= 11 is 0. The smallest absolute Gasteiger partial charge is 0.269 e. The van der Waals surface area contributed by atoms with Gasteiger partial charge < -0.3 is 15.1 Å². The fourth-order valence-corrected chi connectivity index (χ4v) is 3.01. The van der Waals surface area contributed by atoms with Gasteiger partial charge in [-0.2, -0.15) is 0 Å². The average molecular weight is 379 g/mol. The van der Waals surface area contributed by atoms with E-state index < -0.39 is 4.92 Å². The van der Waals surface area contributed by atoms with Crippen LogP contribution in [0.2, 0.25) is 0 Å². The first-order valence-electron chi connectivity index (χ1n) is 8.91. The average Bonchev–Trinajstić information content (AvgIpc) is 2.72. The van der Waals surface area contributed by atoms with Gasteiger partial charge in [-0.1, -0.05) is 24.3 Å². The Morgan fingerprint density at radius 3 is 2.32 bits per heavy atom. The summed E-state index contributed by atoms with van der Waals surface area (Å²) in [6.07, 6.45) is 3.68. The minimum Gasteiger partial charge on any atom is -0.395 e. The van der Waals surface area contributed by atoms with Gasteiger partial charge in [-0.15, -0.1) is 0 Å². The van der Waals surface area contributed by atoms with Crippen LogP contribution < -0.4 is 4.90 Å². The summed E-state index contributed by atoms with van der Waals surface area (Å²) < 4.78 is 0. The van der Waals surface area contributed by atoms with Crippen LogP contribution in [0.25, 0.3) is 23.1 Å². The molecule has 0 fully saturated rings. The number of hydrogen-bond donors (Lipinski definition) is 2. The lowest BCUT2D eigenvalue weighted by molar-refractivity contribution is -0.384. The SMILES string of the molecule is O=[N+]([O-])c1ccc(C=Cc2cc(N(CCO)CCO)c3ccccc3n2)cc1. The Morgan fingerprint density at radius 1 is 1.00 bits per heavy atom. The molecule has 0 amide bonds. The van der Waals surface area contributed by atoms with Gasteiger partial charge in [0.1, 0.15) is 0 Å². The Balaban J connectivity index is 1.97. The first kappa shape index (κ1) is 19.5. The number of non-ortho nitro benzene ring substituents is 1. The third-order valence-corrected chi connectivity index (χ3v) is 4.35. The number of nitro benzene ring substituents is 1. The Bertz CT molecular complexity index is 981. The van der Waals surface area contributed by atoms with Gasteiger partial charge in [0.05, 0.1) is 29.3 Å². The Kier molecular flexibility index (Phi) is 6.31. The molecule has 0 saturated heterocycles. The number of hydrogen-bond acceptors (Lipinski definition) is 6. The fourth-order valence-electron chi connectivity index (χ4n) is 3.01. The third-order valence-electron chi connectivity index (χ3n) is 4.35. The number of rotatable bonds is 8. The van der Waals surface area contributed by atoms with Crippen LogP contribution in [0.4, 0.5) is 11.4 Å². The first-order valence-corrected chi connectivity index (χ1v) is 8.91. The largest absolute Gasteiger partial charge is 0.395 e. The quantitative estimate of drug-likeness (QED) is 0.461. The minimum atomic E-state index is -0.429. The zero-order valence-corrected chi connectivity index (χ0v) is 15.2. The minimum absolute atomic E-state index is 0.0232. The van der Waals surface area contributed by atoms with Gasteiger partial charge in [0.2, 0.25) is 0 Å². The van der Waals surface area contributed by atoms with E-state index in [0.717, 1.165) is 22.2 Å². The van der Waals surface area contributed by atoms with Gasteiger partial charge in [-0.3, -0.25) is 10.1 Å². The van der Waals surface area contributed by atoms with Crippen molar-refractivity contribution >= 4 is 34.4 Å². The standard InChI is InChI=1S/C21H21N3O4/c25-13-11-23(12-14-26)21-15-17(22-20-4-2-1-3-19(20)21)8-5-16-6-9-18(10-7-16)24(27)28/h1-10,15,25-26H,11-14H2. The molecule has 7 nitrogen and oxygen atoms in total. The number of benzene rings is 2. The van der Waals surface area contributed by atoms with Crippen LogP contribution in [0.3, 0.4) is 0 Å². The van der Waals surface area contributed by atoms with Gasteiger partial charge in [0.25, 0.3) is 5.69 Å². The van der Waals surface area contributed by atoms with E-state index in [2.05, 4.69) is 4.98 Å². The van der Waals surface area contributed by atoms with E-state index in [1.807, 2.05) is 47.4 Å². The molecule has 1 aromatic heterocycles. The summed E-state index contributed by atoms with van der Waals surface area (Å²) in [4.78, 5) is 16.9. The van der Waals surface area contributed by atoms with Crippen LogP contribution in [0.1, 0.15) is 11.3 Å². The monoisotopic (exact) mass is 379 g/mol. The van der Waals surface area contributed by atoms with Gasteiger partial charge in [0.15, 0.2) is 0 Å². The van der Waals surface area contributed by atoms with Gasteiger partial charge in [-0.25, -0.2) is 4.98 Å². The molecular weight excluding hydrogens is 358 g/mol. The number of fused-ring (bicyclic) bond motifs is 1. The predicted molar refractivity (Wildman–Crippen MR) is 110 cm³/mol. The number of anilines is 1. The zero-order chi connectivity index (χ0) is 19.9. The molecular formula is C21H21N3O4. The lowest BCUT2D eigenvalue weighted by Gasteiger charge is -2.24. The molecule has 2 aromatic carbocycles. The van der Waals surface area contributed by atoms with Crippen LogP contribution >= 0.6 is 0 Å². The normalized spacial score (nSPS) is 11.2. The highest BCUT2D eigenvalue weighted by Gasteiger charge is 2.11. The van der Waals surface area contributed by atoms with E-state index in [0.29, 0.717) is 18.8 Å². The van der Waals surface area contributed by atoms with E-state index >= 15 is 0 Å². The summed E-state index contributed by atoms with van der Waals surface area (Å²) in [5, 5.41) is 30.5. The lowest BCUT2D eigenvalue weighted by Crippen LogP contribution is -2.30. The van der Waals surface area contributed by atoms with Crippen molar-refractivity contribution in [3.05, 3.63) is 76.0 Å². The topological polar surface area (TPSA) is 99.7 Å². The molecule has 0 aliphatic carbocycles. The molecule has 7 heteroatoms. The molecule has 0 spiro atoms. The molecule has 28 heavy (non-hydrogen) atoms. The van der Waals surface area contributed by atoms with Crippen molar-refractivity contribution in [3.8, 4) is 0 Å². The Morgan fingerprint density at radius 2 is 1.68 bits per heavy atom. The van der Waals surface area contributed by atoms with Crippen molar-refractivity contribution in [1.82, 2.24) is 4.98 Å². The molecule has 1 heterocycles. The van der Waals surface area contributed by atoms with Gasteiger partial charge in [0, 0.05) is 36.3 Å². The molecule has 0 aliphatic rings. The maximum atomic E-state index is 10.8. The Labute approximate surface area is 162 Å². The number of pyridine rings is 1. The summed E-state index contributed by atoms with van der Waals surface area (Å²) in [5.41, 5.74) is 3.28. The van der Waals surface area contributed by atoms with E-state index in [1.54, 1.807) is 12.1 Å². The molecule has 3 aromatic rings. The number of nitrogens with zero attached hydrogens (tertiary/aromatic N) is 3. The number of aliphatic hydroxyl groups is 2. The number of aliphatic hydroxyl groups excluding tert-OH is 2. The van der Waals surface area contributed by atoms with Crippen LogP contribution in [-0.4, -0.2) is 46.4 Å². The number of para-hydroxylation sites is 1. The molecule has 3 rings (SSSR count). The van der Waals surface area contributed by atoms with E-state index in [-0.39, 0.29) is 18.9 Å². The van der Waals surface area contributed by atoms with Gasteiger partial charge >= 0.3 is 0 Å². The van der Waals surface area contributed by atoms with Crippen LogP contribution in [-0.2, 0) is 0 Å². The van der Waals surface area contributed by atoms with Crippen molar-refractivity contribution in [1.29, 1.82) is 0 Å². The van der Waals surface area contributed by atoms with Crippen molar-refractivity contribution in [2.24, 2.45) is 0 Å². The van der Waals surface area contributed by atoms with Crippen molar-refractivity contribution < 1.29 is 15.1 Å².